The molecule has 1 aliphatic rings. The van der Waals surface area contributed by atoms with E-state index in [0.29, 0.717) is 37.7 Å². The lowest BCUT2D eigenvalue weighted by atomic mass is 10.1. The largest absolute Gasteiger partial charge is 0.471 e. The SMILES string of the molecule is [C-]#[N+]CCOP(O[C@@H]1C(OCCCCCCNC(=O)C(F)(F)F)[C@H](n2ccc(NC(=O)c3ccccc3)nc2=O)O[C@@H]1CC)N(C(C)C)C(C)C. The lowest BCUT2D eigenvalue weighted by Gasteiger charge is -2.38. The van der Waals surface area contributed by atoms with Crippen molar-refractivity contribution >= 4 is 26.2 Å². The molecule has 282 valence electrons. The van der Waals surface area contributed by atoms with Gasteiger partial charge in [-0.2, -0.15) is 18.2 Å². The summed E-state index contributed by atoms with van der Waals surface area (Å²) in [6.45, 7) is 17.7. The molecule has 0 spiro atoms. The highest BCUT2D eigenvalue weighted by molar-refractivity contribution is 7.44. The van der Waals surface area contributed by atoms with Crippen LogP contribution in [0.4, 0.5) is 19.0 Å². The van der Waals surface area contributed by atoms with E-state index >= 15 is 0 Å². The van der Waals surface area contributed by atoms with E-state index in [4.69, 9.17) is 25.1 Å². The minimum Gasteiger partial charge on any atom is -0.371 e. The molecule has 5 atom stereocenters. The normalized spacial score (nSPS) is 19.7. The number of anilines is 1. The summed E-state index contributed by atoms with van der Waals surface area (Å²) in [6, 6.07) is 10.1. The molecule has 1 aliphatic heterocycles. The summed E-state index contributed by atoms with van der Waals surface area (Å²) >= 11 is 0. The molecule has 0 saturated carbocycles. The number of hydrogen-bond acceptors (Lipinski definition) is 9. The van der Waals surface area contributed by atoms with Gasteiger partial charge in [0.1, 0.15) is 24.6 Å². The second kappa shape index (κ2) is 20.6. The fraction of sp³-hybridized carbons (Fsp3) is 0.618. The van der Waals surface area contributed by atoms with Crippen LogP contribution in [0.25, 0.3) is 4.85 Å². The number of aromatic nitrogens is 2. The summed E-state index contributed by atoms with van der Waals surface area (Å²) in [5.41, 5.74) is -0.280. The van der Waals surface area contributed by atoms with Gasteiger partial charge < -0.3 is 34.0 Å². The second-order valence-corrected chi connectivity index (χ2v) is 13.8. The molecule has 2 heterocycles. The predicted molar refractivity (Wildman–Crippen MR) is 186 cm³/mol. The van der Waals surface area contributed by atoms with Crippen LogP contribution in [0.2, 0.25) is 0 Å². The first-order chi connectivity index (χ1) is 24.3. The number of rotatable bonds is 20. The Bertz CT molecular complexity index is 1480. The molecule has 51 heavy (non-hydrogen) atoms. The molecule has 2 aromatic rings. The zero-order valence-corrected chi connectivity index (χ0v) is 30.5. The zero-order chi connectivity index (χ0) is 37.6. The number of carbonyl (C=O) groups excluding carboxylic acids is 2. The monoisotopic (exact) mass is 740 g/mol. The number of hydrogen-bond donors (Lipinski definition) is 2. The Morgan fingerprint density at radius 1 is 1.06 bits per heavy atom. The maximum Gasteiger partial charge on any atom is 0.471 e. The Morgan fingerprint density at radius 3 is 2.35 bits per heavy atom. The highest BCUT2D eigenvalue weighted by Crippen LogP contribution is 2.50. The molecular weight excluding hydrogens is 692 g/mol. The van der Waals surface area contributed by atoms with Crippen LogP contribution in [-0.2, 0) is 23.3 Å². The number of halogens is 3. The molecule has 1 aromatic carbocycles. The first-order valence-electron chi connectivity index (χ1n) is 17.1. The van der Waals surface area contributed by atoms with Gasteiger partial charge in [-0.3, -0.25) is 14.2 Å². The molecule has 17 heteroatoms. The van der Waals surface area contributed by atoms with Gasteiger partial charge in [-0.15, -0.1) is 0 Å². The minimum absolute atomic E-state index is 0.0352. The highest BCUT2D eigenvalue weighted by atomic mass is 31.2. The van der Waals surface area contributed by atoms with Gasteiger partial charge in [-0.05, 0) is 65.2 Å². The third-order valence-corrected chi connectivity index (χ3v) is 9.99. The fourth-order valence-electron chi connectivity index (χ4n) is 5.51. The molecular formula is C34H48F3N6O7P. The average molecular weight is 741 g/mol. The minimum atomic E-state index is -4.92. The number of nitrogens with one attached hydrogen (secondary N) is 2. The van der Waals surface area contributed by atoms with Crippen LogP contribution < -0.4 is 16.3 Å². The first kappa shape index (κ1) is 42.0. The topological polar surface area (TPSA) is 138 Å². The van der Waals surface area contributed by atoms with Crippen molar-refractivity contribution < 1.29 is 41.3 Å². The van der Waals surface area contributed by atoms with Crippen molar-refractivity contribution in [1.82, 2.24) is 19.5 Å². The first-order valence-corrected chi connectivity index (χ1v) is 18.2. The molecule has 1 saturated heterocycles. The van der Waals surface area contributed by atoms with Crippen molar-refractivity contribution in [3.63, 3.8) is 0 Å². The summed E-state index contributed by atoms with van der Waals surface area (Å²) in [7, 11) is -1.70. The van der Waals surface area contributed by atoms with E-state index in [-0.39, 0.29) is 44.2 Å². The average Bonchev–Trinajstić information content (AvgIpc) is 3.41. The van der Waals surface area contributed by atoms with Gasteiger partial charge in [0.2, 0.25) is 6.54 Å². The van der Waals surface area contributed by atoms with Gasteiger partial charge in [0, 0.05) is 37.0 Å². The number of amides is 2. The number of alkyl halides is 3. The van der Waals surface area contributed by atoms with E-state index in [1.807, 2.05) is 39.9 Å². The van der Waals surface area contributed by atoms with Crippen molar-refractivity contribution in [1.29, 1.82) is 0 Å². The molecule has 2 unspecified atom stereocenters. The Labute approximate surface area is 298 Å². The molecule has 1 aromatic heterocycles. The summed E-state index contributed by atoms with van der Waals surface area (Å²) in [4.78, 5) is 44.6. The van der Waals surface area contributed by atoms with Crippen molar-refractivity contribution in [2.24, 2.45) is 0 Å². The number of unbranched alkanes of at least 4 members (excludes halogenated alkanes) is 3. The second-order valence-electron chi connectivity index (χ2n) is 12.4. The number of ether oxygens (including phenoxy) is 2. The molecule has 0 radical (unpaired) electrons. The maximum absolute atomic E-state index is 13.4. The third-order valence-electron chi connectivity index (χ3n) is 7.86. The molecule has 0 bridgehead atoms. The number of carbonyl (C=O) groups is 2. The van der Waals surface area contributed by atoms with Crippen LogP contribution >= 0.6 is 8.53 Å². The van der Waals surface area contributed by atoms with Crippen molar-refractivity contribution in [3.05, 3.63) is 70.1 Å². The molecule has 1 fully saturated rings. The zero-order valence-electron chi connectivity index (χ0n) is 29.6. The Hall–Kier alpha value is -3.45. The molecule has 13 nitrogen and oxygen atoms in total. The Balaban J connectivity index is 1.81. The lowest BCUT2D eigenvalue weighted by molar-refractivity contribution is -0.173. The van der Waals surface area contributed by atoms with E-state index in [1.54, 1.807) is 30.3 Å². The summed E-state index contributed by atoms with van der Waals surface area (Å²) in [5.74, 6) is -2.32. The maximum atomic E-state index is 13.4. The van der Waals surface area contributed by atoms with Crippen LogP contribution in [0.15, 0.2) is 47.4 Å². The molecule has 2 N–H and O–H groups in total. The summed E-state index contributed by atoms with van der Waals surface area (Å²) in [6.07, 6.45) is -3.83. The van der Waals surface area contributed by atoms with Gasteiger partial charge in [-0.25, -0.2) is 16.0 Å². The van der Waals surface area contributed by atoms with E-state index in [1.165, 1.54) is 16.8 Å². The number of benzene rings is 1. The van der Waals surface area contributed by atoms with Crippen LogP contribution in [0, 0.1) is 6.57 Å². The van der Waals surface area contributed by atoms with E-state index < -0.39 is 56.7 Å². The molecule has 2 amide bonds. The van der Waals surface area contributed by atoms with Gasteiger partial charge in [0.15, 0.2) is 6.23 Å². The lowest BCUT2D eigenvalue weighted by Crippen LogP contribution is -2.41. The standard InChI is InChI=1S/C34H48F3N6O7P/c1-7-26-28(50-51(48-22-19-38-6)43(23(2)3)24(4)5)29(47-21-14-9-8-13-18-39-32(45)34(35,36)37)31(49-26)42-20-17-27(41-33(42)46)40-30(44)25-15-11-10-12-16-25/h10-12,15-17,20,23-24,26,28-29,31H,7-9,13-14,18-19,21-22H2,1-5H3,(H,39,45)(H,40,41,44,46)/t26-,28+,29?,31-,51?/m1/s1. The van der Waals surface area contributed by atoms with Crippen LogP contribution in [0.5, 0.6) is 0 Å². The fourth-order valence-corrected chi connectivity index (χ4v) is 7.27. The van der Waals surface area contributed by atoms with Gasteiger partial charge in [0.05, 0.1) is 6.10 Å². The molecule has 0 aliphatic carbocycles. The van der Waals surface area contributed by atoms with Crippen LogP contribution in [0.3, 0.4) is 0 Å². The van der Waals surface area contributed by atoms with Crippen LogP contribution in [-0.4, -0.2) is 88.9 Å². The van der Waals surface area contributed by atoms with Crippen molar-refractivity contribution in [2.45, 2.75) is 110 Å². The van der Waals surface area contributed by atoms with Gasteiger partial charge in [0.25, 0.3) is 14.4 Å². The van der Waals surface area contributed by atoms with Crippen molar-refractivity contribution in [3.8, 4) is 0 Å². The smallest absolute Gasteiger partial charge is 0.371 e. The van der Waals surface area contributed by atoms with Gasteiger partial charge in [-0.1, -0.05) is 38.0 Å². The quantitative estimate of drug-likeness (QED) is 0.0939. The Morgan fingerprint density at radius 2 is 1.75 bits per heavy atom. The molecule has 3 rings (SSSR count). The third kappa shape index (κ3) is 12.6. The predicted octanol–water partition coefficient (Wildman–Crippen LogP) is 6.09. The van der Waals surface area contributed by atoms with E-state index in [9.17, 15) is 27.6 Å². The van der Waals surface area contributed by atoms with E-state index in [2.05, 4.69) is 19.8 Å². The summed E-state index contributed by atoms with van der Waals surface area (Å²) in [5, 5.41) is 4.51. The Kier molecular flexibility index (Phi) is 16.9. The highest BCUT2D eigenvalue weighted by Gasteiger charge is 2.49. The summed E-state index contributed by atoms with van der Waals surface area (Å²) < 4.78 is 66.4. The van der Waals surface area contributed by atoms with Crippen LogP contribution in [0.1, 0.15) is 83.3 Å². The number of nitrogens with zero attached hydrogens (tertiary/aromatic N) is 4. The van der Waals surface area contributed by atoms with Crippen molar-refractivity contribution in [2.75, 3.05) is 31.6 Å². The van der Waals surface area contributed by atoms with Gasteiger partial charge >= 0.3 is 17.8 Å². The van der Waals surface area contributed by atoms with E-state index in [0.717, 1.165) is 0 Å².